The standard InChI is InChI=1S/C15H16N2O3S/c1-20-11-5-6-13(14(8-11)17(18)19)16-9-12-7-10-3-2-4-15(10)21-12/h5-8,16H,2-4,9H2,1H3. The van der Waals surface area contributed by atoms with Crippen molar-refractivity contribution in [2.45, 2.75) is 25.8 Å². The van der Waals surface area contributed by atoms with Crippen LogP contribution in [0.2, 0.25) is 0 Å². The van der Waals surface area contributed by atoms with Gasteiger partial charge in [0.1, 0.15) is 11.4 Å². The number of hydrogen-bond acceptors (Lipinski definition) is 5. The van der Waals surface area contributed by atoms with Crippen LogP contribution < -0.4 is 10.1 Å². The van der Waals surface area contributed by atoms with Crippen LogP contribution in [0.4, 0.5) is 11.4 Å². The lowest BCUT2D eigenvalue weighted by Gasteiger charge is -2.07. The molecule has 1 aliphatic carbocycles. The number of aryl methyl sites for hydroxylation is 2. The lowest BCUT2D eigenvalue weighted by Crippen LogP contribution is -2.02. The number of thiophene rings is 1. The van der Waals surface area contributed by atoms with E-state index in [0.29, 0.717) is 18.0 Å². The molecule has 0 fully saturated rings. The van der Waals surface area contributed by atoms with Gasteiger partial charge in [-0.3, -0.25) is 10.1 Å². The summed E-state index contributed by atoms with van der Waals surface area (Å²) in [4.78, 5) is 13.4. The first-order chi connectivity index (χ1) is 10.2. The molecule has 6 heteroatoms. The molecule has 1 aromatic carbocycles. The van der Waals surface area contributed by atoms with Crippen LogP contribution in [0.25, 0.3) is 0 Å². The molecule has 0 saturated heterocycles. The van der Waals surface area contributed by atoms with Gasteiger partial charge in [-0.1, -0.05) is 0 Å². The second-order valence-corrected chi connectivity index (χ2v) is 6.23. The Morgan fingerprint density at radius 1 is 1.38 bits per heavy atom. The molecule has 1 N–H and O–H groups in total. The summed E-state index contributed by atoms with van der Waals surface area (Å²) in [5, 5.41) is 14.3. The third kappa shape index (κ3) is 2.85. The molecular formula is C15H16N2O3S. The largest absolute Gasteiger partial charge is 0.496 e. The van der Waals surface area contributed by atoms with E-state index in [1.165, 1.54) is 41.3 Å². The van der Waals surface area contributed by atoms with E-state index in [4.69, 9.17) is 4.74 Å². The maximum atomic E-state index is 11.1. The van der Waals surface area contributed by atoms with Crippen molar-refractivity contribution in [1.29, 1.82) is 0 Å². The summed E-state index contributed by atoms with van der Waals surface area (Å²) in [6.45, 7) is 0.616. The molecule has 0 saturated carbocycles. The summed E-state index contributed by atoms with van der Waals surface area (Å²) < 4.78 is 5.03. The molecule has 1 heterocycles. The number of hydrogen-bond donors (Lipinski definition) is 1. The van der Waals surface area contributed by atoms with E-state index < -0.39 is 0 Å². The van der Waals surface area contributed by atoms with E-state index in [1.54, 1.807) is 23.5 Å². The number of nitro groups is 1. The zero-order valence-corrected chi connectivity index (χ0v) is 12.5. The minimum atomic E-state index is -0.390. The summed E-state index contributed by atoms with van der Waals surface area (Å²) in [6.07, 6.45) is 3.58. The normalized spacial score (nSPS) is 13.0. The quantitative estimate of drug-likeness (QED) is 0.674. The Morgan fingerprint density at radius 3 is 2.95 bits per heavy atom. The number of nitro benzene ring substituents is 1. The Kier molecular flexibility index (Phi) is 3.79. The first kappa shape index (κ1) is 13.9. The number of rotatable bonds is 5. The third-order valence-corrected chi connectivity index (χ3v) is 4.89. The summed E-state index contributed by atoms with van der Waals surface area (Å²) in [5.41, 5.74) is 2.01. The van der Waals surface area contributed by atoms with Crippen molar-refractivity contribution in [2.75, 3.05) is 12.4 Å². The lowest BCUT2D eigenvalue weighted by molar-refractivity contribution is -0.384. The second kappa shape index (κ2) is 5.73. The molecule has 0 bridgehead atoms. The van der Waals surface area contributed by atoms with Crippen LogP contribution in [0.3, 0.4) is 0 Å². The van der Waals surface area contributed by atoms with Crippen molar-refractivity contribution in [3.8, 4) is 5.75 Å². The number of methoxy groups -OCH3 is 1. The molecule has 3 rings (SSSR count). The van der Waals surface area contributed by atoms with Gasteiger partial charge in [0.2, 0.25) is 0 Å². The number of nitrogens with one attached hydrogen (secondary N) is 1. The second-order valence-electron chi connectivity index (χ2n) is 5.01. The maximum absolute atomic E-state index is 11.1. The van der Waals surface area contributed by atoms with Gasteiger partial charge in [0, 0.05) is 16.3 Å². The molecule has 1 aliphatic rings. The summed E-state index contributed by atoms with van der Waals surface area (Å²) in [7, 11) is 1.50. The number of ether oxygens (including phenoxy) is 1. The van der Waals surface area contributed by atoms with E-state index >= 15 is 0 Å². The van der Waals surface area contributed by atoms with Gasteiger partial charge >= 0.3 is 0 Å². The SMILES string of the molecule is COc1ccc(NCc2cc3c(s2)CCC3)c([N+](=O)[O-])c1. The van der Waals surface area contributed by atoms with Gasteiger partial charge in [0.05, 0.1) is 18.1 Å². The van der Waals surface area contributed by atoms with Crippen molar-refractivity contribution >= 4 is 22.7 Å². The fraction of sp³-hybridized carbons (Fsp3) is 0.333. The molecule has 0 spiro atoms. The first-order valence-electron chi connectivity index (χ1n) is 6.84. The van der Waals surface area contributed by atoms with E-state index in [9.17, 15) is 10.1 Å². The molecule has 0 radical (unpaired) electrons. The highest BCUT2D eigenvalue weighted by molar-refractivity contribution is 7.12. The highest BCUT2D eigenvalue weighted by Crippen LogP contribution is 2.33. The van der Waals surface area contributed by atoms with Gasteiger partial charge < -0.3 is 10.1 Å². The van der Waals surface area contributed by atoms with Crippen LogP contribution in [0.1, 0.15) is 21.7 Å². The van der Waals surface area contributed by atoms with E-state index in [0.717, 1.165) is 6.42 Å². The van der Waals surface area contributed by atoms with E-state index in [-0.39, 0.29) is 10.6 Å². The molecule has 21 heavy (non-hydrogen) atoms. The molecule has 5 nitrogen and oxygen atoms in total. The molecular weight excluding hydrogens is 288 g/mol. The Balaban J connectivity index is 1.76. The summed E-state index contributed by atoms with van der Waals surface area (Å²) in [6, 6.07) is 7.08. The highest BCUT2D eigenvalue weighted by atomic mass is 32.1. The van der Waals surface area contributed by atoms with Crippen LogP contribution in [-0.4, -0.2) is 12.0 Å². The van der Waals surface area contributed by atoms with Gasteiger partial charge in [0.15, 0.2) is 0 Å². The van der Waals surface area contributed by atoms with Gasteiger partial charge in [-0.15, -0.1) is 11.3 Å². The first-order valence-corrected chi connectivity index (χ1v) is 7.66. The smallest absolute Gasteiger partial charge is 0.296 e. The van der Waals surface area contributed by atoms with E-state index in [2.05, 4.69) is 11.4 Å². The minimum Gasteiger partial charge on any atom is -0.496 e. The van der Waals surface area contributed by atoms with Gasteiger partial charge in [0.25, 0.3) is 5.69 Å². The molecule has 0 amide bonds. The fourth-order valence-corrected chi connectivity index (χ4v) is 3.80. The highest BCUT2D eigenvalue weighted by Gasteiger charge is 2.17. The predicted octanol–water partition coefficient (Wildman–Crippen LogP) is 3.77. The Bertz CT molecular complexity index is 660. The van der Waals surface area contributed by atoms with Crippen LogP contribution in [0.5, 0.6) is 5.75 Å². The maximum Gasteiger partial charge on any atom is 0.296 e. The van der Waals surface area contributed by atoms with Gasteiger partial charge in [-0.2, -0.15) is 0 Å². The topological polar surface area (TPSA) is 64.4 Å². The van der Waals surface area contributed by atoms with Crippen LogP contribution in [0.15, 0.2) is 24.3 Å². The van der Waals surface area contributed by atoms with Crippen LogP contribution in [0, 0.1) is 10.1 Å². The number of nitrogens with zero attached hydrogens (tertiary/aromatic N) is 1. The van der Waals surface area contributed by atoms with Crippen molar-refractivity contribution in [1.82, 2.24) is 0 Å². The molecule has 2 aromatic rings. The van der Waals surface area contributed by atoms with Crippen LogP contribution in [-0.2, 0) is 19.4 Å². The summed E-state index contributed by atoms with van der Waals surface area (Å²) in [5.74, 6) is 0.488. The van der Waals surface area contributed by atoms with Crippen molar-refractivity contribution in [3.05, 3.63) is 49.7 Å². The lowest BCUT2D eigenvalue weighted by atomic mass is 10.2. The van der Waals surface area contributed by atoms with Crippen molar-refractivity contribution in [2.24, 2.45) is 0 Å². The monoisotopic (exact) mass is 304 g/mol. The Labute approximate surface area is 126 Å². The minimum absolute atomic E-state index is 0.0402. The zero-order valence-electron chi connectivity index (χ0n) is 11.7. The molecule has 0 aliphatic heterocycles. The predicted molar refractivity (Wildman–Crippen MR) is 83.3 cm³/mol. The fourth-order valence-electron chi connectivity index (χ4n) is 2.60. The molecule has 0 unspecified atom stereocenters. The number of benzene rings is 1. The Morgan fingerprint density at radius 2 is 2.24 bits per heavy atom. The molecule has 110 valence electrons. The average molecular weight is 304 g/mol. The summed E-state index contributed by atoms with van der Waals surface area (Å²) >= 11 is 1.81. The molecule has 1 aromatic heterocycles. The third-order valence-electron chi connectivity index (χ3n) is 3.65. The van der Waals surface area contributed by atoms with E-state index in [1.807, 2.05) is 0 Å². The van der Waals surface area contributed by atoms with Gasteiger partial charge in [-0.25, -0.2) is 0 Å². The van der Waals surface area contributed by atoms with Crippen molar-refractivity contribution in [3.63, 3.8) is 0 Å². The van der Waals surface area contributed by atoms with Crippen LogP contribution >= 0.6 is 11.3 Å². The van der Waals surface area contributed by atoms with Gasteiger partial charge in [-0.05, 0) is 43.0 Å². The Hall–Kier alpha value is -2.08. The average Bonchev–Trinajstić information content (AvgIpc) is 3.05. The zero-order chi connectivity index (χ0) is 14.8. The molecule has 0 atom stereocenters. The van der Waals surface area contributed by atoms with Crippen molar-refractivity contribution < 1.29 is 9.66 Å². The number of anilines is 1. The number of fused-ring (bicyclic) bond motifs is 1.